The van der Waals surface area contributed by atoms with E-state index in [2.05, 4.69) is 17.3 Å². The highest BCUT2D eigenvalue weighted by atomic mass is 16.6. The Bertz CT molecular complexity index is 959. The van der Waals surface area contributed by atoms with E-state index >= 15 is 0 Å². The third-order valence-electron chi connectivity index (χ3n) is 8.25. The second kappa shape index (κ2) is 7.83. The van der Waals surface area contributed by atoms with Crippen molar-refractivity contribution >= 4 is 5.97 Å². The van der Waals surface area contributed by atoms with Gasteiger partial charge >= 0.3 is 5.97 Å². The summed E-state index contributed by atoms with van der Waals surface area (Å²) in [6.07, 6.45) is 3.29. The van der Waals surface area contributed by atoms with Crippen LogP contribution < -0.4 is 10.1 Å². The molecule has 2 bridgehead atoms. The minimum atomic E-state index is -0.846. The van der Waals surface area contributed by atoms with Crippen molar-refractivity contribution in [3.05, 3.63) is 22.8 Å². The zero-order valence-electron chi connectivity index (χ0n) is 19.9. The molecular formula is C25H36N2O6. The van der Waals surface area contributed by atoms with Crippen LogP contribution >= 0.6 is 0 Å². The van der Waals surface area contributed by atoms with E-state index in [4.69, 9.17) is 9.47 Å². The average Bonchev–Trinajstić information content (AvgIpc) is 3.10. The molecule has 182 valence electrons. The van der Waals surface area contributed by atoms with Gasteiger partial charge in [-0.1, -0.05) is 0 Å². The lowest BCUT2D eigenvalue weighted by atomic mass is 9.51. The van der Waals surface area contributed by atoms with E-state index in [0.717, 1.165) is 43.4 Å². The summed E-state index contributed by atoms with van der Waals surface area (Å²) in [5, 5.41) is 34.1. The van der Waals surface area contributed by atoms with Crippen molar-refractivity contribution in [3.63, 3.8) is 0 Å². The average molecular weight is 461 g/mol. The molecule has 8 heteroatoms. The number of rotatable bonds is 5. The van der Waals surface area contributed by atoms with Gasteiger partial charge in [0.05, 0.1) is 13.2 Å². The zero-order valence-corrected chi connectivity index (χ0v) is 19.9. The molecule has 5 rings (SSSR count). The molecule has 1 spiro atoms. The summed E-state index contributed by atoms with van der Waals surface area (Å²) in [5.41, 5.74) is 1.84. The Hall–Kier alpha value is -1.87. The molecule has 3 unspecified atom stereocenters. The van der Waals surface area contributed by atoms with Gasteiger partial charge in [-0.05, 0) is 77.6 Å². The van der Waals surface area contributed by atoms with Crippen LogP contribution in [-0.4, -0.2) is 76.2 Å². The Morgan fingerprint density at radius 1 is 1.36 bits per heavy atom. The molecular weight excluding hydrogens is 424 g/mol. The number of hydrogen-bond acceptors (Lipinski definition) is 8. The molecule has 0 radical (unpaired) electrons. The van der Waals surface area contributed by atoms with Crippen LogP contribution in [0.2, 0.25) is 0 Å². The maximum atomic E-state index is 12.7. The van der Waals surface area contributed by atoms with Gasteiger partial charge < -0.3 is 29.7 Å². The van der Waals surface area contributed by atoms with Gasteiger partial charge in [-0.2, -0.15) is 0 Å². The highest BCUT2D eigenvalue weighted by molar-refractivity contribution is 5.76. The monoisotopic (exact) mass is 460 g/mol. The van der Waals surface area contributed by atoms with Crippen LogP contribution in [0.15, 0.2) is 6.07 Å². The first-order valence-electron chi connectivity index (χ1n) is 12.1. The summed E-state index contributed by atoms with van der Waals surface area (Å²) in [4.78, 5) is 15.2. The minimum absolute atomic E-state index is 0.0285. The largest absolute Gasteiger partial charge is 0.504 e. The molecule has 6 atom stereocenters. The maximum Gasteiger partial charge on any atom is 0.326 e. The first-order valence-corrected chi connectivity index (χ1v) is 12.1. The van der Waals surface area contributed by atoms with Crippen LogP contribution in [0.5, 0.6) is 11.5 Å². The lowest BCUT2D eigenvalue weighted by molar-refractivity contribution is -0.159. The van der Waals surface area contributed by atoms with E-state index < -0.39 is 17.6 Å². The smallest absolute Gasteiger partial charge is 0.326 e. The van der Waals surface area contributed by atoms with Crippen LogP contribution in [-0.2, 0) is 28.0 Å². The summed E-state index contributed by atoms with van der Waals surface area (Å²) >= 11 is 0. The number of nitrogens with zero attached hydrogens (tertiary/aromatic N) is 1. The first kappa shape index (κ1) is 22.9. The third kappa shape index (κ3) is 3.37. The number of aliphatic hydroxyl groups excluding tert-OH is 2. The van der Waals surface area contributed by atoms with Crippen molar-refractivity contribution < 1.29 is 29.6 Å². The molecule has 33 heavy (non-hydrogen) atoms. The van der Waals surface area contributed by atoms with Gasteiger partial charge in [0.15, 0.2) is 11.5 Å². The van der Waals surface area contributed by atoms with E-state index in [-0.39, 0.29) is 36.5 Å². The molecule has 1 saturated carbocycles. The van der Waals surface area contributed by atoms with Crippen LogP contribution in [0.3, 0.4) is 0 Å². The topological polar surface area (TPSA) is 111 Å². The van der Waals surface area contributed by atoms with Gasteiger partial charge in [-0.25, -0.2) is 0 Å². The molecule has 2 aliphatic carbocycles. The van der Waals surface area contributed by atoms with Gasteiger partial charge in [-0.3, -0.25) is 10.1 Å². The van der Waals surface area contributed by atoms with Crippen molar-refractivity contribution in [2.45, 2.75) is 88.3 Å². The Morgan fingerprint density at radius 3 is 2.79 bits per heavy atom. The van der Waals surface area contributed by atoms with Gasteiger partial charge in [0.2, 0.25) is 0 Å². The molecule has 0 amide bonds. The molecule has 1 saturated heterocycles. The van der Waals surface area contributed by atoms with Crippen molar-refractivity contribution in [1.29, 1.82) is 0 Å². The first-order chi connectivity index (χ1) is 15.6. The van der Waals surface area contributed by atoms with Crippen molar-refractivity contribution in [2.24, 2.45) is 5.92 Å². The fraction of sp³-hybridized carbons (Fsp3) is 0.720. The Labute approximate surface area is 194 Å². The fourth-order valence-corrected chi connectivity index (χ4v) is 6.99. The second-order valence-electron chi connectivity index (χ2n) is 11.2. The molecule has 4 aliphatic rings. The molecule has 2 aliphatic heterocycles. The van der Waals surface area contributed by atoms with Crippen LogP contribution in [0.25, 0.3) is 0 Å². The van der Waals surface area contributed by atoms with Crippen molar-refractivity contribution in [3.8, 4) is 11.5 Å². The number of nitrogens with one attached hydrogen (secondary N) is 1. The maximum absolute atomic E-state index is 12.7. The number of hydrogen-bond donors (Lipinski definition) is 4. The number of phenols is 1. The Morgan fingerprint density at radius 2 is 2.12 bits per heavy atom. The number of piperidine rings is 1. The Kier molecular flexibility index (Phi) is 5.44. The number of likely N-dealkylation sites (N-methyl/N-ethyl adjacent to an activating group) is 1. The van der Waals surface area contributed by atoms with Gasteiger partial charge in [0.25, 0.3) is 0 Å². The highest BCUT2D eigenvalue weighted by Gasteiger charge is 2.65. The summed E-state index contributed by atoms with van der Waals surface area (Å²) in [6, 6.07) is 1.30. The van der Waals surface area contributed by atoms with E-state index in [1.165, 1.54) is 0 Å². The van der Waals surface area contributed by atoms with Gasteiger partial charge in [0, 0.05) is 28.6 Å². The predicted molar refractivity (Wildman–Crippen MR) is 121 cm³/mol. The van der Waals surface area contributed by atoms with E-state index in [1.54, 1.807) is 0 Å². The standard InChI is InChI=1S/C25H36N2O6/c1-24(2,3)33-23(31)17(12-29)26-16-6-5-15-18-10-13-9-14(11-28)20(30)21-19(13)25(15,22(16)32-21)7-8-27(18)4/h9,15-18,22,26,28-30H,5-8,10-12H2,1-4H3/t15-,16?,17?,18+,22?,25-/m0/s1. The van der Waals surface area contributed by atoms with Crippen molar-refractivity contribution in [2.75, 3.05) is 20.2 Å². The predicted octanol–water partition coefficient (Wildman–Crippen LogP) is 1.21. The van der Waals surface area contributed by atoms with Gasteiger partial charge in [-0.15, -0.1) is 0 Å². The molecule has 4 N–H and O–H groups in total. The molecule has 8 nitrogen and oxygen atoms in total. The number of likely N-dealkylation sites (tertiary alicyclic amines) is 1. The number of esters is 1. The summed E-state index contributed by atoms with van der Waals surface area (Å²) in [5.74, 6) is 0.444. The number of benzene rings is 1. The molecule has 1 aromatic rings. The quantitative estimate of drug-likeness (QED) is 0.486. The number of carbonyl (C=O) groups is 1. The van der Waals surface area contributed by atoms with Crippen LogP contribution in [0.4, 0.5) is 0 Å². The Balaban J connectivity index is 1.53. The molecule has 0 aromatic heterocycles. The molecule has 2 heterocycles. The van der Waals surface area contributed by atoms with E-state index in [9.17, 15) is 20.1 Å². The lowest BCUT2D eigenvalue weighted by Crippen LogP contribution is -2.69. The van der Waals surface area contributed by atoms with E-state index in [0.29, 0.717) is 23.3 Å². The normalized spacial score (nSPS) is 33.3. The molecule has 2 fully saturated rings. The highest BCUT2D eigenvalue weighted by Crippen LogP contribution is 2.64. The summed E-state index contributed by atoms with van der Waals surface area (Å²) in [6.45, 7) is 5.75. The van der Waals surface area contributed by atoms with Crippen molar-refractivity contribution in [1.82, 2.24) is 10.2 Å². The number of aliphatic hydroxyl groups is 2. The summed E-state index contributed by atoms with van der Waals surface area (Å²) < 4.78 is 12.1. The summed E-state index contributed by atoms with van der Waals surface area (Å²) in [7, 11) is 2.18. The van der Waals surface area contributed by atoms with Gasteiger partial charge in [0.1, 0.15) is 17.7 Å². The van der Waals surface area contributed by atoms with E-state index in [1.807, 2.05) is 26.8 Å². The minimum Gasteiger partial charge on any atom is -0.504 e. The third-order valence-corrected chi connectivity index (χ3v) is 8.25. The number of carbonyl (C=O) groups excluding carboxylic acids is 1. The SMILES string of the molecule is CN1CC[C@]23c4c5cc(CO)c(O)c4OC2C(NC(CO)C(=O)OC(C)(C)C)CC[C@H]3[C@H]1C5. The second-order valence-corrected chi connectivity index (χ2v) is 11.2. The molecule has 1 aromatic carbocycles. The lowest BCUT2D eigenvalue weighted by Gasteiger charge is -2.59. The number of ether oxygens (including phenoxy) is 2. The number of aromatic hydroxyl groups is 1. The van der Waals surface area contributed by atoms with Crippen LogP contribution in [0, 0.1) is 5.92 Å². The zero-order chi connectivity index (χ0) is 23.7. The fourth-order valence-electron chi connectivity index (χ4n) is 6.99. The van der Waals surface area contributed by atoms with Crippen LogP contribution in [0.1, 0.15) is 56.7 Å².